The molecule has 20 heavy (non-hydrogen) atoms. The Morgan fingerprint density at radius 3 is 2.70 bits per heavy atom. The summed E-state index contributed by atoms with van der Waals surface area (Å²) in [6.45, 7) is 0. The van der Waals surface area contributed by atoms with Crippen molar-refractivity contribution in [3.05, 3.63) is 46.5 Å². The molecule has 0 bridgehead atoms. The number of aromatic nitrogens is 1. The number of hydrogen-bond donors (Lipinski definition) is 1. The second-order valence-electron chi connectivity index (χ2n) is 3.81. The molecule has 0 saturated carbocycles. The van der Waals surface area contributed by atoms with Gasteiger partial charge in [-0.2, -0.15) is 4.98 Å². The molecule has 1 N–H and O–H groups in total. The summed E-state index contributed by atoms with van der Waals surface area (Å²) >= 11 is 0. The number of ether oxygens (including phenoxy) is 2. The first-order chi connectivity index (χ1) is 9.63. The van der Waals surface area contributed by atoms with Crippen LogP contribution in [-0.4, -0.2) is 24.1 Å². The molecule has 0 spiro atoms. The monoisotopic (exact) mass is 275 g/mol. The molecule has 1 heterocycles. The van der Waals surface area contributed by atoms with Crippen LogP contribution in [0.15, 0.2) is 36.4 Å². The number of nitrogens with one attached hydrogen (secondary N) is 1. The minimum absolute atomic E-state index is 0.0782. The van der Waals surface area contributed by atoms with E-state index in [0.29, 0.717) is 17.4 Å². The van der Waals surface area contributed by atoms with Crippen molar-refractivity contribution in [1.29, 1.82) is 0 Å². The van der Waals surface area contributed by atoms with Gasteiger partial charge >= 0.3 is 0 Å². The number of anilines is 1. The maximum atomic E-state index is 10.8. The number of hydrogen-bond acceptors (Lipinski definition) is 6. The van der Waals surface area contributed by atoms with E-state index < -0.39 is 4.92 Å². The highest BCUT2D eigenvalue weighted by atomic mass is 16.6. The van der Waals surface area contributed by atoms with E-state index in [9.17, 15) is 10.1 Å². The van der Waals surface area contributed by atoms with Crippen molar-refractivity contribution in [2.45, 2.75) is 0 Å². The largest absolute Gasteiger partial charge is 0.493 e. The van der Waals surface area contributed by atoms with Gasteiger partial charge in [-0.3, -0.25) is 10.1 Å². The maximum absolute atomic E-state index is 10.8. The molecule has 0 fully saturated rings. The SMILES string of the molecule is CNc1cccc(Oc2cc([N+](=O)[O-])ccc2OC)n1. The summed E-state index contributed by atoms with van der Waals surface area (Å²) in [5, 5.41) is 13.7. The number of methoxy groups -OCH3 is 1. The normalized spacial score (nSPS) is 9.90. The van der Waals surface area contributed by atoms with Gasteiger partial charge in [-0.25, -0.2) is 0 Å². The minimum atomic E-state index is -0.496. The predicted molar refractivity (Wildman–Crippen MR) is 73.5 cm³/mol. The van der Waals surface area contributed by atoms with E-state index in [1.807, 2.05) is 0 Å². The number of pyridine rings is 1. The summed E-state index contributed by atoms with van der Waals surface area (Å²) in [7, 11) is 3.20. The van der Waals surface area contributed by atoms with Crippen molar-refractivity contribution >= 4 is 11.5 Å². The van der Waals surface area contributed by atoms with Crippen molar-refractivity contribution in [3.8, 4) is 17.4 Å². The Balaban J connectivity index is 2.35. The van der Waals surface area contributed by atoms with E-state index in [-0.39, 0.29) is 11.4 Å². The topological polar surface area (TPSA) is 86.5 Å². The van der Waals surface area contributed by atoms with Crippen LogP contribution in [0.3, 0.4) is 0 Å². The molecular formula is C13H13N3O4. The summed E-state index contributed by atoms with van der Waals surface area (Å²) in [4.78, 5) is 14.5. The van der Waals surface area contributed by atoms with Gasteiger partial charge in [0.25, 0.3) is 5.69 Å². The molecule has 2 rings (SSSR count). The quantitative estimate of drug-likeness (QED) is 0.667. The highest BCUT2D eigenvalue weighted by Gasteiger charge is 2.13. The van der Waals surface area contributed by atoms with Crippen LogP contribution >= 0.6 is 0 Å². The van der Waals surface area contributed by atoms with Gasteiger partial charge in [0, 0.05) is 19.2 Å². The molecule has 2 aromatic rings. The third-order valence-corrected chi connectivity index (χ3v) is 2.55. The standard InChI is InChI=1S/C13H13N3O4/c1-14-12-4-3-5-13(15-12)20-11-8-9(16(17)18)6-7-10(11)19-2/h3-8H,1-2H3,(H,14,15). The van der Waals surface area contributed by atoms with Crippen molar-refractivity contribution in [1.82, 2.24) is 4.98 Å². The Labute approximate surface area is 115 Å². The van der Waals surface area contributed by atoms with Crippen molar-refractivity contribution in [3.63, 3.8) is 0 Å². The maximum Gasteiger partial charge on any atom is 0.273 e. The van der Waals surface area contributed by atoms with E-state index in [0.717, 1.165) is 0 Å². The second kappa shape index (κ2) is 5.87. The van der Waals surface area contributed by atoms with Gasteiger partial charge in [-0.15, -0.1) is 0 Å². The first-order valence-electron chi connectivity index (χ1n) is 5.79. The lowest BCUT2D eigenvalue weighted by molar-refractivity contribution is -0.384. The average molecular weight is 275 g/mol. The lowest BCUT2D eigenvalue weighted by Gasteiger charge is -2.10. The second-order valence-corrected chi connectivity index (χ2v) is 3.81. The molecule has 0 amide bonds. The fourth-order valence-electron chi connectivity index (χ4n) is 1.58. The van der Waals surface area contributed by atoms with E-state index in [2.05, 4.69) is 10.3 Å². The molecule has 0 aliphatic rings. The van der Waals surface area contributed by atoms with E-state index in [1.54, 1.807) is 25.2 Å². The summed E-state index contributed by atoms with van der Waals surface area (Å²) < 4.78 is 10.7. The van der Waals surface area contributed by atoms with Crippen LogP contribution in [0.5, 0.6) is 17.4 Å². The summed E-state index contributed by atoms with van der Waals surface area (Å²) in [6.07, 6.45) is 0. The molecule has 0 unspecified atom stereocenters. The van der Waals surface area contributed by atoms with E-state index in [4.69, 9.17) is 9.47 Å². The summed E-state index contributed by atoms with van der Waals surface area (Å²) in [5.74, 6) is 1.58. The van der Waals surface area contributed by atoms with Crippen LogP contribution in [0.25, 0.3) is 0 Å². The molecule has 104 valence electrons. The molecule has 1 aromatic carbocycles. The predicted octanol–water partition coefficient (Wildman–Crippen LogP) is 2.83. The van der Waals surface area contributed by atoms with Gasteiger partial charge in [-0.05, 0) is 12.1 Å². The van der Waals surface area contributed by atoms with Gasteiger partial charge < -0.3 is 14.8 Å². The van der Waals surface area contributed by atoms with Crippen LogP contribution in [0.4, 0.5) is 11.5 Å². The van der Waals surface area contributed by atoms with Gasteiger partial charge in [0.15, 0.2) is 11.5 Å². The molecule has 0 radical (unpaired) electrons. The van der Waals surface area contributed by atoms with Gasteiger partial charge in [0.05, 0.1) is 18.1 Å². The average Bonchev–Trinajstić information content (AvgIpc) is 2.47. The first-order valence-corrected chi connectivity index (χ1v) is 5.79. The Morgan fingerprint density at radius 2 is 2.05 bits per heavy atom. The number of benzene rings is 1. The van der Waals surface area contributed by atoms with Crippen LogP contribution in [-0.2, 0) is 0 Å². The molecular weight excluding hydrogens is 262 g/mol. The van der Waals surface area contributed by atoms with E-state index in [1.165, 1.54) is 25.3 Å². The van der Waals surface area contributed by atoms with Crippen LogP contribution in [0, 0.1) is 10.1 Å². The zero-order valence-corrected chi connectivity index (χ0v) is 11.0. The molecule has 0 aliphatic heterocycles. The number of nitro groups is 1. The summed E-state index contributed by atoms with van der Waals surface area (Å²) in [6, 6.07) is 9.32. The highest BCUT2D eigenvalue weighted by Crippen LogP contribution is 2.34. The molecule has 7 nitrogen and oxygen atoms in total. The fraction of sp³-hybridized carbons (Fsp3) is 0.154. The first kappa shape index (κ1) is 13.6. The Hall–Kier alpha value is -2.83. The lowest BCUT2D eigenvalue weighted by Crippen LogP contribution is -1.96. The third-order valence-electron chi connectivity index (χ3n) is 2.55. The zero-order chi connectivity index (χ0) is 14.5. The third kappa shape index (κ3) is 2.94. The summed E-state index contributed by atoms with van der Waals surface area (Å²) in [5.41, 5.74) is -0.0782. The van der Waals surface area contributed by atoms with Crippen molar-refractivity contribution in [2.24, 2.45) is 0 Å². The number of nitro benzene ring substituents is 1. The number of rotatable bonds is 5. The lowest BCUT2D eigenvalue weighted by atomic mass is 10.3. The fourth-order valence-corrected chi connectivity index (χ4v) is 1.58. The number of nitrogens with zero attached hydrogens (tertiary/aromatic N) is 2. The Kier molecular flexibility index (Phi) is 3.99. The highest BCUT2D eigenvalue weighted by molar-refractivity contribution is 5.50. The molecule has 7 heteroatoms. The molecule has 0 saturated heterocycles. The molecule has 0 aliphatic carbocycles. The van der Waals surface area contributed by atoms with Crippen LogP contribution < -0.4 is 14.8 Å². The van der Waals surface area contributed by atoms with E-state index >= 15 is 0 Å². The van der Waals surface area contributed by atoms with Crippen molar-refractivity contribution < 1.29 is 14.4 Å². The van der Waals surface area contributed by atoms with Gasteiger partial charge in [-0.1, -0.05) is 6.07 Å². The Morgan fingerprint density at radius 1 is 1.25 bits per heavy atom. The number of non-ortho nitro benzene ring substituents is 1. The zero-order valence-electron chi connectivity index (χ0n) is 11.0. The van der Waals surface area contributed by atoms with Crippen molar-refractivity contribution in [2.75, 3.05) is 19.5 Å². The van der Waals surface area contributed by atoms with Crippen LogP contribution in [0.2, 0.25) is 0 Å². The van der Waals surface area contributed by atoms with Gasteiger partial charge in [0.1, 0.15) is 5.82 Å². The Bertz CT molecular complexity index is 631. The molecule has 0 atom stereocenters. The smallest absolute Gasteiger partial charge is 0.273 e. The molecule has 1 aromatic heterocycles. The van der Waals surface area contributed by atoms with Crippen LogP contribution in [0.1, 0.15) is 0 Å². The van der Waals surface area contributed by atoms with Gasteiger partial charge in [0.2, 0.25) is 5.88 Å². The minimum Gasteiger partial charge on any atom is -0.493 e.